The van der Waals surface area contributed by atoms with Crippen LogP contribution >= 0.6 is 11.6 Å². The molecule has 0 radical (unpaired) electrons. The zero-order valence-corrected chi connectivity index (χ0v) is 27.2. The molecule has 5 rings (SSSR count). The third-order valence-corrected chi connectivity index (χ3v) is 7.78. The number of aromatic nitrogens is 4. The maximum absolute atomic E-state index is 13.4. The van der Waals surface area contributed by atoms with Gasteiger partial charge in [0.05, 0.1) is 29.1 Å². The molecule has 46 heavy (non-hydrogen) atoms. The van der Waals surface area contributed by atoms with Gasteiger partial charge in [0.15, 0.2) is 0 Å². The number of rotatable bonds is 5. The quantitative estimate of drug-likeness (QED) is 0.301. The number of aliphatic hydroxyl groups excluding tert-OH is 1. The summed E-state index contributed by atoms with van der Waals surface area (Å²) >= 11 is 6.41. The van der Waals surface area contributed by atoms with Crippen LogP contribution in [-0.4, -0.2) is 92.1 Å². The van der Waals surface area contributed by atoms with Crippen LogP contribution < -0.4 is 20.7 Å². The average Bonchev–Trinajstić information content (AvgIpc) is 3.48. The third kappa shape index (κ3) is 10.5. The molecule has 4 N–H and O–H groups in total. The number of nitrogens with one attached hydrogen (secondary N) is 3. The molecule has 1 aromatic carbocycles. The van der Waals surface area contributed by atoms with Crippen molar-refractivity contribution in [2.45, 2.75) is 71.3 Å². The normalized spacial score (nSPS) is 20.3. The lowest BCUT2D eigenvalue weighted by Gasteiger charge is -2.26. The van der Waals surface area contributed by atoms with E-state index in [1.165, 1.54) is 19.1 Å². The highest BCUT2D eigenvalue weighted by Crippen LogP contribution is 2.26. The van der Waals surface area contributed by atoms with E-state index >= 15 is 0 Å². The molecule has 4 bridgehead atoms. The molecule has 2 aliphatic rings. The second-order valence-electron chi connectivity index (χ2n) is 11.8. The lowest BCUT2D eigenvalue weighted by Crippen LogP contribution is -2.57. The number of ether oxygens (including phenoxy) is 1. The van der Waals surface area contributed by atoms with Crippen LogP contribution in [0.5, 0.6) is 5.75 Å². The first kappa shape index (κ1) is 34.8. The molecule has 0 unspecified atom stereocenters. The van der Waals surface area contributed by atoms with Gasteiger partial charge in [0.1, 0.15) is 17.8 Å². The molecule has 2 aromatic heterocycles. The molecular formula is C32H43ClN8O5. The van der Waals surface area contributed by atoms with Gasteiger partial charge in [0, 0.05) is 63.5 Å². The highest BCUT2D eigenvalue weighted by atomic mass is 35.5. The minimum Gasteiger partial charge on any atom is -0.492 e. The van der Waals surface area contributed by atoms with Gasteiger partial charge < -0.3 is 25.8 Å². The summed E-state index contributed by atoms with van der Waals surface area (Å²) in [7, 11) is 0. The minimum absolute atomic E-state index is 0.0828. The number of hydrogen-bond acceptors (Lipinski definition) is 9. The second-order valence-corrected chi connectivity index (χ2v) is 12.2. The maximum Gasteiger partial charge on any atom is 0.252 e. The van der Waals surface area contributed by atoms with E-state index in [9.17, 15) is 19.5 Å². The van der Waals surface area contributed by atoms with Crippen LogP contribution in [0.1, 0.15) is 55.4 Å². The van der Waals surface area contributed by atoms with E-state index < -0.39 is 30.0 Å². The second kappa shape index (κ2) is 17.0. The number of benzene rings is 1. The van der Waals surface area contributed by atoms with Gasteiger partial charge in [-0.3, -0.25) is 28.9 Å². The predicted octanol–water partition coefficient (Wildman–Crippen LogP) is 1.98. The van der Waals surface area contributed by atoms with E-state index in [2.05, 4.69) is 36.1 Å². The topological polar surface area (TPSA) is 164 Å². The van der Waals surface area contributed by atoms with Crippen molar-refractivity contribution in [3.63, 3.8) is 0 Å². The van der Waals surface area contributed by atoms with E-state index in [1.54, 1.807) is 16.9 Å². The van der Waals surface area contributed by atoms with Gasteiger partial charge in [0.25, 0.3) is 5.91 Å². The van der Waals surface area contributed by atoms with Crippen LogP contribution in [0.25, 0.3) is 0 Å². The van der Waals surface area contributed by atoms with Crippen LogP contribution in [0.4, 0.5) is 0 Å². The Labute approximate surface area is 274 Å². The van der Waals surface area contributed by atoms with Crippen molar-refractivity contribution in [3.8, 4) is 5.75 Å². The molecule has 14 heteroatoms. The van der Waals surface area contributed by atoms with Crippen LogP contribution in [-0.2, 0) is 29.1 Å². The molecule has 3 amide bonds. The Balaban J connectivity index is 1.55. The molecule has 0 fully saturated rings. The Morgan fingerprint density at radius 1 is 1.07 bits per heavy atom. The summed E-state index contributed by atoms with van der Waals surface area (Å²) in [5.41, 5.74) is 1.93. The molecular weight excluding hydrogens is 612 g/mol. The first-order chi connectivity index (χ1) is 22.1. The zero-order chi connectivity index (χ0) is 33.1. The Kier molecular flexibility index (Phi) is 12.9. The van der Waals surface area contributed by atoms with E-state index in [4.69, 9.17) is 16.3 Å². The first-order valence-electron chi connectivity index (χ1n) is 15.6. The number of nitrogens with zero attached hydrogens (tertiary/aromatic N) is 5. The van der Waals surface area contributed by atoms with Crippen LogP contribution in [0.3, 0.4) is 0 Å². The molecule has 4 heterocycles. The van der Waals surface area contributed by atoms with Crippen LogP contribution in [0, 0.1) is 5.92 Å². The molecule has 3 atom stereocenters. The smallest absolute Gasteiger partial charge is 0.252 e. The molecule has 0 saturated carbocycles. The summed E-state index contributed by atoms with van der Waals surface area (Å²) in [6, 6.07) is 8.13. The fourth-order valence-electron chi connectivity index (χ4n) is 5.05. The highest BCUT2D eigenvalue weighted by Gasteiger charge is 2.30. The van der Waals surface area contributed by atoms with Gasteiger partial charge in [-0.05, 0) is 49.6 Å². The predicted molar refractivity (Wildman–Crippen MR) is 172 cm³/mol. The van der Waals surface area contributed by atoms with Crippen molar-refractivity contribution in [1.82, 2.24) is 40.8 Å². The number of halogens is 1. The van der Waals surface area contributed by atoms with E-state index in [0.29, 0.717) is 64.3 Å². The van der Waals surface area contributed by atoms with Gasteiger partial charge in [-0.1, -0.05) is 36.7 Å². The largest absolute Gasteiger partial charge is 0.492 e. The number of hydrogen-bond donors (Lipinski definition) is 4. The van der Waals surface area contributed by atoms with E-state index in [0.717, 1.165) is 11.4 Å². The molecule has 0 spiro atoms. The minimum atomic E-state index is -1.31. The summed E-state index contributed by atoms with van der Waals surface area (Å²) in [6.07, 6.45) is 4.09. The van der Waals surface area contributed by atoms with Crippen molar-refractivity contribution >= 4 is 29.3 Å². The van der Waals surface area contributed by atoms with Gasteiger partial charge in [-0.15, -0.1) is 5.10 Å². The summed E-state index contributed by atoms with van der Waals surface area (Å²) < 4.78 is 7.61. The number of pyridine rings is 1. The van der Waals surface area contributed by atoms with Gasteiger partial charge >= 0.3 is 0 Å². The van der Waals surface area contributed by atoms with Crippen molar-refractivity contribution in [1.29, 1.82) is 0 Å². The average molecular weight is 655 g/mol. The van der Waals surface area contributed by atoms with Crippen molar-refractivity contribution in [3.05, 3.63) is 70.8 Å². The lowest BCUT2D eigenvalue weighted by molar-refractivity contribution is -0.131. The van der Waals surface area contributed by atoms with E-state index in [1.807, 2.05) is 38.2 Å². The highest BCUT2D eigenvalue weighted by molar-refractivity contribution is 6.32. The van der Waals surface area contributed by atoms with Crippen LogP contribution in [0.15, 0.2) is 48.8 Å². The Bertz CT molecular complexity index is 1450. The molecule has 13 nitrogen and oxygen atoms in total. The summed E-state index contributed by atoms with van der Waals surface area (Å²) in [5.74, 6) is -1.14. The molecule has 3 aromatic rings. The van der Waals surface area contributed by atoms with Crippen molar-refractivity contribution in [2.75, 3.05) is 26.2 Å². The van der Waals surface area contributed by atoms with Crippen LogP contribution in [0.2, 0.25) is 5.02 Å². The number of carbonyl (C=O) groups excluding carboxylic acids is 3. The summed E-state index contributed by atoms with van der Waals surface area (Å²) in [4.78, 5) is 46.4. The van der Waals surface area contributed by atoms with Crippen molar-refractivity contribution in [2.24, 2.45) is 5.92 Å². The lowest BCUT2D eigenvalue weighted by atomic mass is 10.0. The zero-order valence-electron chi connectivity index (χ0n) is 26.5. The van der Waals surface area contributed by atoms with Crippen molar-refractivity contribution < 1.29 is 24.2 Å². The van der Waals surface area contributed by atoms with Gasteiger partial charge in [-0.2, -0.15) is 0 Å². The Morgan fingerprint density at radius 2 is 1.89 bits per heavy atom. The maximum atomic E-state index is 13.4. The number of aliphatic hydroxyl groups is 1. The SMILES string of the molecule is CC(C)C[C@H]1NC(=O)[C@H]([C@@H](C)O)NC(=O)c2ccc(c(Cl)c2)OCCCn2cc(nn2)CCN(Cc2ccccn2)CCNC1=O. The number of carbonyl (C=O) groups is 3. The first-order valence-corrected chi connectivity index (χ1v) is 16.0. The molecule has 0 saturated heterocycles. The fraction of sp³-hybridized carbons (Fsp3) is 0.500. The van der Waals surface area contributed by atoms with E-state index in [-0.39, 0.29) is 22.4 Å². The standard InChI is InChI=1S/C32H43ClN8O5/c1-21(2)17-27-31(44)35-12-15-40(19-24-7-4-5-11-34-24)14-10-25-20-41(39-38-25)13-6-16-46-28-9-8-23(18-26(28)33)30(43)37-29(22(3)42)32(45)36-27/h4-5,7-9,11,18,20-22,27,29,42H,6,10,12-17,19H2,1-3H3,(H,35,44)(H,36,45)(H,37,43)/t22-,27-,29+/m1/s1. The van der Waals surface area contributed by atoms with Gasteiger partial charge in [-0.25, -0.2) is 0 Å². The summed E-state index contributed by atoms with van der Waals surface area (Å²) in [6.45, 7) is 8.34. The molecule has 2 aliphatic heterocycles. The monoisotopic (exact) mass is 654 g/mol. The Hall–Kier alpha value is -4.07. The number of aryl methyl sites for hydroxylation is 1. The number of fused-ring (bicyclic) bond motifs is 17. The summed E-state index contributed by atoms with van der Waals surface area (Å²) in [5, 5.41) is 27.5. The fourth-order valence-corrected chi connectivity index (χ4v) is 5.28. The van der Waals surface area contributed by atoms with Gasteiger partial charge in [0.2, 0.25) is 11.8 Å². The molecule has 248 valence electrons. The molecule has 0 aliphatic carbocycles. The third-order valence-electron chi connectivity index (χ3n) is 7.48. The Morgan fingerprint density at radius 3 is 2.61 bits per heavy atom. The number of amides is 3.